The summed E-state index contributed by atoms with van der Waals surface area (Å²) in [5.74, 6) is 0.178. The smallest absolute Gasteiger partial charge is 0.327 e. The zero-order chi connectivity index (χ0) is 14.3. The van der Waals surface area contributed by atoms with E-state index in [1.807, 2.05) is 4.90 Å². The van der Waals surface area contributed by atoms with E-state index < -0.39 is 12.0 Å². The third kappa shape index (κ3) is 2.50. The SMILES string of the molecule is CC1CCCCN1C(=O)N1C(C(=O)O)CSC1C1CC1. The van der Waals surface area contributed by atoms with Gasteiger partial charge in [0.2, 0.25) is 0 Å². The van der Waals surface area contributed by atoms with Gasteiger partial charge in [0.25, 0.3) is 0 Å². The van der Waals surface area contributed by atoms with E-state index in [9.17, 15) is 14.7 Å². The first kappa shape index (κ1) is 14.0. The molecule has 3 atom stereocenters. The van der Waals surface area contributed by atoms with Crippen LogP contribution < -0.4 is 0 Å². The fourth-order valence-corrected chi connectivity index (χ4v) is 4.86. The highest BCUT2D eigenvalue weighted by Crippen LogP contribution is 2.46. The number of carboxylic acids is 1. The number of likely N-dealkylation sites (tertiary alicyclic amines) is 1. The van der Waals surface area contributed by atoms with Gasteiger partial charge in [0.1, 0.15) is 6.04 Å². The largest absolute Gasteiger partial charge is 0.480 e. The van der Waals surface area contributed by atoms with Gasteiger partial charge in [-0.15, -0.1) is 11.8 Å². The molecule has 20 heavy (non-hydrogen) atoms. The molecule has 0 bridgehead atoms. The van der Waals surface area contributed by atoms with E-state index in [1.54, 1.807) is 16.7 Å². The molecule has 2 aliphatic heterocycles. The number of piperidine rings is 1. The van der Waals surface area contributed by atoms with Gasteiger partial charge in [0.15, 0.2) is 0 Å². The molecule has 1 saturated carbocycles. The summed E-state index contributed by atoms with van der Waals surface area (Å²) in [6.07, 6.45) is 5.47. The van der Waals surface area contributed by atoms with E-state index in [-0.39, 0.29) is 17.4 Å². The summed E-state index contributed by atoms with van der Waals surface area (Å²) < 4.78 is 0. The molecule has 1 N–H and O–H groups in total. The number of carbonyl (C=O) groups is 2. The van der Waals surface area contributed by atoms with Crippen molar-refractivity contribution < 1.29 is 14.7 Å². The van der Waals surface area contributed by atoms with Gasteiger partial charge in [-0.2, -0.15) is 0 Å². The van der Waals surface area contributed by atoms with Crippen molar-refractivity contribution in [3.63, 3.8) is 0 Å². The lowest BCUT2D eigenvalue weighted by molar-refractivity contribution is -0.141. The average Bonchev–Trinajstić information content (AvgIpc) is 3.17. The molecule has 112 valence electrons. The van der Waals surface area contributed by atoms with Crippen LogP contribution in [0.3, 0.4) is 0 Å². The maximum atomic E-state index is 12.8. The normalized spacial score (nSPS) is 34.4. The van der Waals surface area contributed by atoms with Crippen molar-refractivity contribution in [1.29, 1.82) is 0 Å². The lowest BCUT2D eigenvalue weighted by atomic mass is 10.0. The summed E-state index contributed by atoms with van der Waals surface area (Å²) in [7, 11) is 0. The van der Waals surface area contributed by atoms with Crippen LogP contribution in [0.5, 0.6) is 0 Å². The van der Waals surface area contributed by atoms with E-state index in [0.29, 0.717) is 11.7 Å². The van der Waals surface area contributed by atoms with Crippen LogP contribution in [0.25, 0.3) is 0 Å². The molecule has 0 aromatic carbocycles. The average molecular weight is 298 g/mol. The Balaban J connectivity index is 1.79. The molecule has 0 aromatic heterocycles. The molecule has 3 rings (SSSR count). The predicted molar refractivity (Wildman–Crippen MR) is 77.6 cm³/mol. The molecule has 0 radical (unpaired) electrons. The number of thioether (sulfide) groups is 1. The molecule has 3 unspecified atom stereocenters. The van der Waals surface area contributed by atoms with E-state index in [4.69, 9.17) is 0 Å². The maximum absolute atomic E-state index is 12.8. The first-order chi connectivity index (χ1) is 9.59. The zero-order valence-corrected chi connectivity index (χ0v) is 12.6. The molecular weight excluding hydrogens is 276 g/mol. The van der Waals surface area contributed by atoms with E-state index >= 15 is 0 Å². The summed E-state index contributed by atoms with van der Waals surface area (Å²) in [4.78, 5) is 27.8. The first-order valence-electron chi connectivity index (χ1n) is 7.53. The molecule has 2 saturated heterocycles. The Kier molecular flexibility index (Phi) is 3.84. The summed E-state index contributed by atoms with van der Waals surface area (Å²) >= 11 is 1.65. The Labute approximate surface area is 123 Å². The predicted octanol–water partition coefficient (Wildman–Crippen LogP) is 2.22. The number of amides is 2. The Morgan fingerprint density at radius 2 is 1.95 bits per heavy atom. The van der Waals surface area contributed by atoms with Crippen molar-refractivity contribution >= 4 is 23.8 Å². The maximum Gasteiger partial charge on any atom is 0.327 e. The van der Waals surface area contributed by atoms with Gasteiger partial charge < -0.3 is 10.0 Å². The van der Waals surface area contributed by atoms with Crippen LogP contribution in [0, 0.1) is 5.92 Å². The van der Waals surface area contributed by atoms with Crippen LogP contribution in [0.2, 0.25) is 0 Å². The molecule has 2 heterocycles. The van der Waals surface area contributed by atoms with Gasteiger partial charge in [0.05, 0.1) is 5.37 Å². The van der Waals surface area contributed by atoms with Gasteiger partial charge in [0, 0.05) is 18.3 Å². The zero-order valence-electron chi connectivity index (χ0n) is 11.8. The second-order valence-electron chi connectivity index (χ2n) is 6.14. The van der Waals surface area contributed by atoms with Crippen molar-refractivity contribution in [3.05, 3.63) is 0 Å². The second kappa shape index (κ2) is 5.47. The van der Waals surface area contributed by atoms with E-state index in [1.165, 1.54) is 0 Å². The van der Waals surface area contributed by atoms with Crippen LogP contribution >= 0.6 is 11.8 Å². The number of nitrogens with zero attached hydrogens (tertiary/aromatic N) is 2. The summed E-state index contributed by atoms with van der Waals surface area (Å²) in [5, 5.41) is 9.47. The number of carbonyl (C=O) groups excluding carboxylic acids is 1. The highest BCUT2D eigenvalue weighted by atomic mass is 32.2. The minimum atomic E-state index is -0.862. The van der Waals surface area contributed by atoms with Crippen molar-refractivity contribution in [1.82, 2.24) is 9.80 Å². The van der Waals surface area contributed by atoms with Crippen LogP contribution in [-0.2, 0) is 4.79 Å². The first-order valence-corrected chi connectivity index (χ1v) is 8.58. The monoisotopic (exact) mass is 298 g/mol. The van der Waals surface area contributed by atoms with E-state index in [2.05, 4.69) is 6.92 Å². The molecule has 0 spiro atoms. The number of carboxylic acid groups (broad SMARTS) is 1. The fourth-order valence-electron chi connectivity index (χ4n) is 3.24. The van der Waals surface area contributed by atoms with E-state index in [0.717, 1.165) is 38.6 Å². The molecular formula is C14H22N2O3S. The second-order valence-corrected chi connectivity index (χ2v) is 7.29. The van der Waals surface area contributed by atoms with Gasteiger partial charge in [-0.3, -0.25) is 4.90 Å². The molecule has 3 fully saturated rings. The highest BCUT2D eigenvalue weighted by Gasteiger charge is 2.49. The van der Waals surface area contributed by atoms with Crippen LogP contribution in [0.1, 0.15) is 39.0 Å². The van der Waals surface area contributed by atoms with Gasteiger partial charge >= 0.3 is 12.0 Å². The minimum Gasteiger partial charge on any atom is -0.480 e. The van der Waals surface area contributed by atoms with Gasteiger partial charge in [-0.05, 0) is 44.9 Å². The van der Waals surface area contributed by atoms with Gasteiger partial charge in [-0.25, -0.2) is 9.59 Å². The summed E-state index contributed by atoms with van der Waals surface area (Å²) in [5.41, 5.74) is 0. The number of aliphatic carboxylic acids is 1. The Bertz CT molecular complexity index is 413. The number of urea groups is 1. The summed E-state index contributed by atoms with van der Waals surface area (Å²) in [6.45, 7) is 2.84. The Morgan fingerprint density at radius 3 is 2.55 bits per heavy atom. The molecule has 5 nitrogen and oxygen atoms in total. The van der Waals surface area contributed by atoms with Crippen molar-refractivity contribution in [3.8, 4) is 0 Å². The minimum absolute atomic E-state index is 0.0495. The van der Waals surface area contributed by atoms with Crippen LogP contribution in [0.4, 0.5) is 4.79 Å². The van der Waals surface area contributed by atoms with Crippen LogP contribution in [-0.4, -0.2) is 56.7 Å². The molecule has 2 amide bonds. The van der Waals surface area contributed by atoms with Crippen molar-refractivity contribution in [2.75, 3.05) is 12.3 Å². The highest BCUT2D eigenvalue weighted by molar-refractivity contribution is 8.00. The third-order valence-electron chi connectivity index (χ3n) is 4.61. The fraction of sp³-hybridized carbons (Fsp3) is 0.857. The quantitative estimate of drug-likeness (QED) is 0.849. The topological polar surface area (TPSA) is 60.9 Å². The van der Waals surface area contributed by atoms with Crippen LogP contribution in [0.15, 0.2) is 0 Å². The number of rotatable bonds is 2. The molecule has 1 aliphatic carbocycles. The standard InChI is InChI=1S/C14H22N2O3S/c1-9-4-2-3-7-15(9)14(19)16-11(13(17)18)8-20-12(16)10-5-6-10/h9-12H,2-8H2,1H3,(H,17,18). The summed E-state index contributed by atoms with van der Waals surface area (Å²) in [6, 6.07) is -0.463. The Morgan fingerprint density at radius 1 is 1.20 bits per heavy atom. The number of hydrogen-bond acceptors (Lipinski definition) is 3. The Hall–Kier alpha value is -0.910. The van der Waals surface area contributed by atoms with Gasteiger partial charge in [-0.1, -0.05) is 0 Å². The molecule has 3 aliphatic rings. The molecule has 0 aromatic rings. The van der Waals surface area contributed by atoms with Crippen molar-refractivity contribution in [2.45, 2.75) is 56.5 Å². The lowest BCUT2D eigenvalue weighted by Gasteiger charge is -2.39. The lowest BCUT2D eigenvalue weighted by Crippen LogP contribution is -2.55. The van der Waals surface area contributed by atoms with Crippen molar-refractivity contribution in [2.24, 2.45) is 5.92 Å². The molecule has 6 heteroatoms. The number of hydrogen-bond donors (Lipinski definition) is 1. The third-order valence-corrected chi connectivity index (χ3v) is 6.08.